The van der Waals surface area contributed by atoms with Crippen LogP contribution >= 0.6 is 0 Å². The molecule has 1 amide bonds. The SMILES string of the molecule is O=C(NCCc1ccccc1)c1ccccc1OCC1CCCO1. The van der Waals surface area contributed by atoms with Crippen LogP contribution in [0, 0.1) is 0 Å². The quantitative estimate of drug-likeness (QED) is 0.850. The standard InChI is InChI=1S/C20H23NO3/c22-20(21-13-12-16-7-2-1-3-8-16)18-10-4-5-11-19(18)24-15-17-9-6-14-23-17/h1-5,7-8,10-11,17H,6,9,12-15H2,(H,21,22). The zero-order valence-electron chi connectivity index (χ0n) is 13.7. The molecule has 1 unspecified atom stereocenters. The van der Waals surface area contributed by atoms with E-state index >= 15 is 0 Å². The van der Waals surface area contributed by atoms with Gasteiger partial charge >= 0.3 is 0 Å². The second kappa shape index (κ2) is 8.50. The molecule has 0 spiro atoms. The van der Waals surface area contributed by atoms with E-state index in [1.54, 1.807) is 6.07 Å². The fourth-order valence-electron chi connectivity index (χ4n) is 2.80. The lowest BCUT2D eigenvalue weighted by molar-refractivity contribution is 0.0670. The maximum atomic E-state index is 12.4. The summed E-state index contributed by atoms with van der Waals surface area (Å²) in [6.45, 7) is 1.90. The molecule has 1 saturated heterocycles. The summed E-state index contributed by atoms with van der Waals surface area (Å²) in [6, 6.07) is 17.5. The van der Waals surface area contributed by atoms with Crippen molar-refractivity contribution in [2.45, 2.75) is 25.4 Å². The number of rotatable bonds is 7. The first kappa shape index (κ1) is 16.5. The third kappa shape index (κ3) is 4.59. The molecule has 1 atom stereocenters. The van der Waals surface area contributed by atoms with Crippen molar-refractivity contribution < 1.29 is 14.3 Å². The van der Waals surface area contributed by atoms with Gasteiger partial charge in [0.15, 0.2) is 0 Å². The largest absolute Gasteiger partial charge is 0.490 e. The molecule has 0 bridgehead atoms. The van der Waals surface area contributed by atoms with E-state index in [0.29, 0.717) is 24.5 Å². The molecular weight excluding hydrogens is 302 g/mol. The number of carbonyl (C=O) groups is 1. The molecule has 1 heterocycles. The van der Waals surface area contributed by atoms with Gasteiger partial charge in [0.05, 0.1) is 11.7 Å². The Bertz CT molecular complexity index is 651. The number of benzene rings is 2. The summed E-state index contributed by atoms with van der Waals surface area (Å²) in [5.41, 5.74) is 1.78. The fourth-order valence-corrected chi connectivity index (χ4v) is 2.80. The Morgan fingerprint density at radius 1 is 1.12 bits per heavy atom. The van der Waals surface area contributed by atoms with Crippen molar-refractivity contribution in [3.8, 4) is 5.75 Å². The highest BCUT2D eigenvalue weighted by molar-refractivity contribution is 5.96. The number of hydrogen-bond donors (Lipinski definition) is 1. The first-order valence-corrected chi connectivity index (χ1v) is 8.48. The maximum Gasteiger partial charge on any atom is 0.255 e. The van der Waals surface area contributed by atoms with E-state index < -0.39 is 0 Å². The molecule has 126 valence electrons. The minimum absolute atomic E-state index is 0.103. The van der Waals surface area contributed by atoms with Crippen LogP contribution in [0.3, 0.4) is 0 Å². The Hall–Kier alpha value is -2.33. The van der Waals surface area contributed by atoms with Crippen LogP contribution in [-0.4, -0.2) is 31.8 Å². The van der Waals surface area contributed by atoms with Crippen LogP contribution in [0.25, 0.3) is 0 Å². The lowest BCUT2D eigenvalue weighted by atomic mass is 10.1. The van der Waals surface area contributed by atoms with E-state index in [9.17, 15) is 4.79 Å². The van der Waals surface area contributed by atoms with Gasteiger partial charge < -0.3 is 14.8 Å². The van der Waals surface area contributed by atoms with Gasteiger partial charge in [-0.2, -0.15) is 0 Å². The molecule has 1 N–H and O–H groups in total. The third-order valence-electron chi connectivity index (χ3n) is 4.12. The zero-order valence-corrected chi connectivity index (χ0v) is 13.7. The van der Waals surface area contributed by atoms with E-state index in [-0.39, 0.29) is 12.0 Å². The van der Waals surface area contributed by atoms with Crippen LogP contribution in [-0.2, 0) is 11.2 Å². The summed E-state index contributed by atoms with van der Waals surface area (Å²) in [5.74, 6) is 0.513. The molecular formula is C20H23NO3. The Kier molecular flexibility index (Phi) is 5.85. The van der Waals surface area contributed by atoms with Gasteiger partial charge in [0, 0.05) is 13.2 Å². The molecule has 1 fully saturated rings. The van der Waals surface area contributed by atoms with Gasteiger partial charge in [-0.25, -0.2) is 0 Å². The van der Waals surface area contributed by atoms with Gasteiger partial charge in [0.25, 0.3) is 5.91 Å². The second-order valence-corrected chi connectivity index (χ2v) is 5.93. The highest BCUT2D eigenvalue weighted by Gasteiger charge is 2.18. The molecule has 2 aromatic carbocycles. The Morgan fingerprint density at radius 2 is 1.92 bits per heavy atom. The average Bonchev–Trinajstić information content (AvgIpc) is 3.14. The fraction of sp³-hybridized carbons (Fsp3) is 0.350. The third-order valence-corrected chi connectivity index (χ3v) is 4.12. The maximum absolute atomic E-state index is 12.4. The molecule has 0 saturated carbocycles. The zero-order chi connectivity index (χ0) is 16.6. The summed E-state index contributed by atoms with van der Waals surface area (Å²) >= 11 is 0. The Labute approximate surface area is 142 Å². The van der Waals surface area contributed by atoms with E-state index in [0.717, 1.165) is 25.9 Å². The molecule has 0 aliphatic carbocycles. The van der Waals surface area contributed by atoms with Gasteiger partial charge in [0.1, 0.15) is 12.4 Å². The first-order chi connectivity index (χ1) is 11.8. The Morgan fingerprint density at radius 3 is 2.71 bits per heavy atom. The van der Waals surface area contributed by atoms with Crippen LogP contribution < -0.4 is 10.1 Å². The number of hydrogen-bond acceptors (Lipinski definition) is 3. The van der Waals surface area contributed by atoms with E-state index in [4.69, 9.17) is 9.47 Å². The van der Waals surface area contributed by atoms with Gasteiger partial charge in [-0.05, 0) is 37.0 Å². The van der Waals surface area contributed by atoms with Gasteiger partial charge in [-0.15, -0.1) is 0 Å². The smallest absolute Gasteiger partial charge is 0.255 e. The molecule has 4 heteroatoms. The van der Waals surface area contributed by atoms with E-state index in [1.165, 1.54) is 5.56 Å². The van der Waals surface area contributed by atoms with Crippen molar-refractivity contribution in [2.75, 3.05) is 19.8 Å². The molecule has 3 rings (SSSR count). The van der Waals surface area contributed by atoms with E-state index in [2.05, 4.69) is 17.4 Å². The molecule has 1 aliphatic heterocycles. The number of amides is 1. The molecule has 4 nitrogen and oxygen atoms in total. The molecule has 24 heavy (non-hydrogen) atoms. The number of ether oxygens (including phenoxy) is 2. The lowest BCUT2D eigenvalue weighted by Gasteiger charge is -2.14. The van der Waals surface area contributed by atoms with Crippen molar-refractivity contribution in [1.29, 1.82) is 0 Å². The van der Waals surface area contributed by atoms with Crippen molar-refractivity contribution >= 4 is 5.91 Å². The number of nitrogens with one attached hydrogen (secondary N) is 1. The van der Waals surface area contributed by atoms with Crippen LogP contribution in [0.15, 0.2) is 54.6 Å². The van der Waals surface area contributed by atoms with Crippen molar-refractivity contribution in [3.63, 3.8) is 0 Å². The monoisotopic (exact) mass is 325 g/mol. The van der Waals surface area contributed by atoms with Crippen LogP contribution in [0.5, 0.6) is 5.75 Å². The summed E-state index contributed by atoms with van der Waals surface area (Å²) in [5, 5.41) is 2.97. The minimum atomic E-state index is -0.103. The van der Waals surface area contributed by atoms with Gasteiger partial charge in [-0.1, -0.05) is 42.5 Å². The number of carbonyl (C=O) groups excluding carboxylic acids is 1. The molecule has 0 radical (unpaired) electrons. The van der Waals surface area contributed by atoms with E-state index in [1.807, 2.05) is 36.4 Å². The molecule has 2 aromatic rings. The number of para-hydroxylation sites is 1. The predicted octanol–water partition coefficient (Wildman–Crippen LogP) is 3.22. The van der Waals surface area contributed by atoms with Gasteiger partial charge in [0.2, 0.25) is 0 Å². The highest BCUT2D eigenvalue weighted by atomic mass is 16.5. The van der Waals surface area contributed by atoms with Crippen LogP contribution in [0.2, 0.25) is 0 Å². The molecule has 0 aromatic heterocycles. The minimum Gasteiger partial charge on any atom is -0.490 e. The van der Waals surface area contributed by atoms with Gasteiger partial charge in [-0.3, -0.25) is 4.79 Å². The summed E-state index contributed by atoms with van der Waals surface area (Å²) in [7, 11) is 0. The van der Waals surface area contributed by atoms with Crippen LogP contribution in [0.1, 0.15) is 28.8 Å². The summed E-state index contributed by atoms with van der Waals surface area (Å²) in [6.07, 6.45) is 3.05. The lowest BCUT2D eigenvalue weighted by Crippen LogP contribution is -2.26. The van der Waals surface area contributed by atoms with Crippen molar-refractivity contribution in [2.24, 2.45) is 0 Å². The normalized spacial score (nSPS) is 16.8. The summed E-state index contributed by atoms with van der Waals surface area (Å²) < 4.78 is 11.4. The first-order valence-electron chi connectivity index (χ1n) is 8.48. The molecule has 1 aliphatic rings. The van der Waals surface area contributed by atoms with Crippen molar-refractivity contribution in [3.05, 3.63) is 65.7 Å². The average molecular weight is 325 g/mol. The topological polar surface area (TPSA) is 47.6 Å². The summed E-state index contributed by atoms with van der Waals surface area (Å²) in [4.78, 5) is 12.4. The second-order valence-electron chi connectivity index (χ2n) is 5.93. The van der Waals surface area contributed by atoms with Crippen LogP contribution in [0.4, 0.5) is 0 Å². The van der Waals surface area contributed by atoms with Crippen molar-refractivity contribution in [1.82, 2.24) is 5.32 Å². The highest BCUT2D eigenvalue weighted by Crippen LogP contribution is 2.20. The Balaban J connectivity index is 1.53. The predicted molar refractivity (Wildman–Crippen MR) is 93.4 cm³/mol.